The van der Waals surface area contributed by atoms with Crippen LogP contribution in [0.4, 0.5) is 10.1 Å². The van der Waals surface area contributed by atoms with Crippen molar-refractivity contribution in [3.8, 4) is 0 Å². The maximum Gasteiger partial charge on any atom is 0.329 e. The van der Waals surface area contributed by atoms with Crippen LogP contribution in [0.25, 0.3) is 0 Å². The van der Waals surface area contributed by atoms with Crippen LogP contribution in [0.1, 0.15) is 23.5 Å². The molecule has 2 aromatic carbocycles. The SMILES string of the molecule is COC(=O)C[C@@H](c1ccc([N+](=O)[O-])cc1)[C@H](NC(=O)Cc1cccc(F)c1)C(=O)OC. The second kappa shape index (κ2) is 10.8. The Kier molecular flexibility index (Phi) is 8.18. The topological polar surface area (TPSA) is 125 Å². The van der Waals surface area contributed by atoms with E-state index in [4.69, 9.17) is 4.74 Å². The minimum atomic E-state index is -1.29. The monoisotopic (exact) mass is 432 g/mol. The number of methoxy groups -OCH3 is 2. The normalized spacial score (nSPS) is 12.4. The first kappa shape index (κ1) is 23.5. The average Bonchev–Trinajstić information content (AvgIpc) is 2.75. The molecular weight excluding hydrogens is 411 g/mol. The maximum absolute atomic E-state index is 13.4. The molecule has 0 aliphatic carbocycles. The van der Waals surface area contributed by atoms with Gasteiger partial charge in [0.1, 0.15) is 11.9 Å². The second-order valence-corrected chi connectivity index (χ2v) is 6.61. The molecule has 10 heteroatoms. The highest BCUT2D eigenvalue weighted by atomic mass is 19.1. The Balaban J connectivity index is 2.33. The van der Waals surface area contributed by atoms with Gasteiger partial charge in [0.25, 0.3) is 5.69 Å². The summed E-state index contributed by atoms with van der Waals surface area (Å²) in [4.78, 5) is 47.3. The predicted octanol–water partition coefficient (Wildman–Crippen LogP) is 2.28. The van der Waals surface area contributed by atoms with Crippen molar-refractivity contribution in [1.29, 1.82) is 0 Å². The Hall–Kier alpha value is -3.82. The van der Waals surface area contributed by atoms with Gasteiger partial charge in [0, 0.05) is 18.1 Å². The van der Waals surface area contributed by atoms with E-state index in [1.807, 2.05) is 0 Å². The summed E-state index contributed by atoms with van der Waals surface area (Å²) in [5, 5.41) is 13.4. The molecule has 1 amide bonds. The second-order valence-electron chi connectivity index (χ2n) is 6.61. The number of nitrogens with zero attached hydrogens (tertiary/aromatic N) is 1. The number of benzene rings is 2. The number of esters is 2. The van der Waals surface area contributed by atoms with Crippen LogP contribution in [-0.2, 0) is 30.3 Å². The summed E-state index contributed by atoms with van der Waals surface area (Å²) >= 11 is 0. The summed E-state index contributed by atoms with van der Waals surface area (Å²) in [5.41, 5.74) is 0.601. The highest BCUT2D eigenvalue weighted by Gasteiger charge is 2.34. The van der Waals surface area contributed by atoms with Crippen LogP contribution in [0, 0.1) is 15.9 Å². The number of nitrogens with one attached hydrogen (secondary N) is 1. The third-order valence-corrected chi connectivity index (χ3v) is 4.57. The zero-order valence-corrected chi connectivity index (χ0v) is 16.9. The Bertz CT molecular complexity index is 962. The molecule has 0 radical (unpaired) electrons. The highest BCUT2D eigenvalue weighted by Crippen LogP contribution is 2.27. The smallest absolute Gasteiger partial charge is 0.329 e. The minimum Gasteiger partial charge on any atom is -0.469 e. The number of nitro groups is 1. The molecule has 31 heavy (non-hydrogen) atoms. The molecular formula is C21H21FN2O7. The molecule has 0 spiro atoms. The highest BCUT2D eigenvalue weighted by molar-refractivity contribution is 5.87. The Morgan fingerprint density at radius 1 is 1.10 bits per heavy atom. The lowest BCUT2D eigenvalue weighted by atomic mass is 9.88. The van der Waals surface area contributed by atoms with Crippen LogP contribution >= 0.6 is 0 Å². The molecule has 0 fully saturated rings. The van der Waals surface area contributed by atoms with E-state index in [0.717, 1.165) is 7.11 Å². The number of amides is 1. The van der Waals surface area contributed by atoms with Gasteiger partial charge < -0.3 is 14.8 Å². The van der Waals surface area contributed by atoms with Gasteiger partial charge in [-0.25, -0.2) is 9.18 Å². The molecule has 2 atom stereocenters. The van der Waals surface area contributed by atoms with Crippen LogP contribution in [0.3, 0.4) is 0 Å². The van der Waals surface area contributed by atoms with Gasteiger partial charge in [-0.1, -0.05) is 24.3 Å². The standard InChI is InChI=1S/C21H21FN2O7/c1-30-19(26)12-17(14-6-8-16(9-7-14)24(28)29)20(21(27)31-2)23-18(25)11-13-4-3-5-15(22)10-13/h3-10,17,20H,11-12H2,1-2H3,(H,23,25)/t17-,20-/m0/s1. The summed E-state index contributed by atoms with van der Waals surface area (Å²) in [6.07, 6.45) is -0.509. The van der Waals surface area contributed by atoms with Crippen LogP contribution < -0.4 is 5.32 Å². The molecule has 0 bridgehead atoms. The predicted molar refractivity (Wildman–Crippen MR) is 107 cm³/mol. The molecule has 9 nitrogen and oxygen atoms in total. The number of carbonyl (C=O) groups excluding carboxylic acids is 3. The lowest BCUT2D eigenvalue weighted by Gasteiger charge is -2.26. The van der Waals surface area contributed by atoms with Crippen molar-refractivity contribution in [2.24, 2.45) is 0 Å². The number of carbonyl (C=O) groups is 3. The number of rotatable bonds is 9. The molecule has 0 heterocycles. The first-order valence-corrected chi connectivity index (χ1v) is 9.18. The van der Waals surface area contributed by atoms with E-state index in [1.54, 1.807) is 6.07 Å². The van der Waals surface area contributed by atoms with Crippen molar-refractivity contribution >= 4 is 23.5 Å². The summed E-state index contributed by atoms with van der Waals surface area (Å²) in [6.45, 7) is 0. The summed E-state index contributed by atoms with van der Waals surface area (Å²) in [6, 6.07) is 9.37. The van der Waals surface area contributed by atoms with Gasteiger partial charge in [-0.2, -0.15) is 0 Å². The fourth-order valence-electron chi connectivity index (χ4n) is 3.04. The number of nitro benzene ring substituents is 1. The number of halogens is 1. The lowest BCUT2D eigenvalue weighted by Crippen LogP contribution is -2.46. The van der Waals surface area contributed by atoms with Gasteiger partial charge in [-0.15, -0.1) is 0 Å². The molecule has 164 valence electrons. The number of hydrogen-bond acceptors (Lipinski definition) is 7. The van der Waals surface area contributed by atoms with E-state index in [1.165, 1.54) is 49.6 Å². The van der Waals surface area contributed by atoms with Crippen LogP contribution in [-0.4, -0.2) is 43.0 Å². The van der Waals surface area contributed by atoms with E-state index in [-0.39, 0.29) is 18.5 Å². The molecule has 0 saturated heterocycles. The molecule has 0 saturated carbocycles. The molecule has 0 aliphatic rings. The van der Waals surface area contributed by atoms with Crippen LogP contribution in [0.15, 0.2) is 48.5 Å². The molecule has 1 N–H and O–H groups in total. The Morgan fingerprint density at radius 2 is 1.77 bits per heavy atom. The Morgan fingerprint density at radius 3 is 2.32 bits per heavy atom. The van der Waals surface area contributed by atoms with Gasteiger partial charge in [0.15, 0.2) is 0 Å². The van der Waals surface area contributed by atoms with Crippen LogP contribution in [0.2, 0.25) is 0 Å². The molecule has 2 aromatic rings. The number of ether oxygens (including phenoxy) is 2. The quantitative estimate of drug-likeness (QED) is 0.366. The molecule has 0 aliphatic heterocycles. The van der Waals surface area contributed by atoms with Crippen molar-refractivity contribution in [2.45, 2.75) is 24.8 Å². The van der Waals surface area contributed by atoms with Crippen molar-refractivity contribution in [3.05, 3.63) is 75.6 Å². The van der Waals surface area contributed by atoms with Gasteiger partial charge >= 0.3 is 11.9 Å². The Labute approximate surface area is 177 Å². The van der Waals surface area contributed by atoms with E-state index in [2.05, 4.69) is 10.1 Å². The lowest BCUT2D eigenvalue weighted by molar-refractivity contribution is -0.384. The first-order chi connectivity index (χ1) is 14.7. The minimum absolute atomic E-state index is 0.176. The third-order valence-electron chi connectivity index (χ3n) is 4.57. The van der Waals surface area contributed by atoms with E-state index in [0.29, 0.717) is 11.1 Å². The van der Waals surface area contributed by atoms with Gasteiger partial charge in [0.05, 0.1) is 32.0 Å². The molecule has 0 unspecified atom stereocenters. The summed E-state index contributed by atoms with van der Waals surface area (Å²) < 4.78 is 22.9. The molecule has 2 rings (SSSR count). The van der Waals surface area contributed by atoms with Gasteiger partial charge in [0.2, 0.25) is 5.91 Å². The van der Waals surface area contributed by atoms with Crippen LogP contribution in [0.5, 0.6) is 0 Å². The zero-order chi connectivity index (χ0) is 23.0. The largest absolute Gasteiger partial charge is 0.469 e. The number of non-ortho nitro benzene ring substituents is 1. The third kappa shape index (κ3) is 6.59. The van der Waals surface area contributed by atoms with E-state index < -0.39 is 40.5 Å². The zero-order valence-electron chi connectivity index (χ0n) is 16.9. The first-order valence-electron chi connectivity index (χ1n) is 9.18. The van der Waals surface area contributed by atoms with E-state index >= 15 is 0 Å². The number of hydrogen-bond donors (Lipinski definition) is 1. The maximum atomic E-state index is 13.4. The average molecular weight is 432 g/mol. The van der Waals surface area contributed by atoms with Crippen molar-refractivity contribution in [3.63, 3.8) is 0 Å². The summed E-state index contributed by atoms with van der Waals surface area (Å²) in [7, 11) is 2.30. The fraction of sp³-hybridized carbons (Fsp3) is 0.286. The fourth-order valence-corrected chi connectivity index (χ4v) is 3.04. The van der Waals surface area contributed by atoms with Crippen molar-refractivity contribution in [2.75, 3.05) is 14.2 Å². The van der Waals surface area contributed by atoms with Crippen molar-refractivity contribution < 1.29 is 33.2 Å². The van der Waals surface area contributed by atoms with Crippen molar-refractivity contribution in [1.82, 2.24) is 5.32 Å². The van der Waals surface area contributed by atoms with Gasteiger partial charge in [-0.3, -0.25) is 19.7 Å². The summed E-state index contributed by atoms with van der Waals surface area (Å²) in [5.74, 6) is -3.50. The van der Waals surface area contributed by atoms with E-state index in [9.17, 15) is 28.9 Å². The van der Waals surface area contributed by atoms with Gasteiger partial charge in [-0.05, 0) is 23.3 Å². The molecule has 0 aromatic heterocycles.